The van der Waals surface area contributed by atoms with Crippen molar-refractivity contribution in [3.05, 3.63) is 23.8 Å². The molecule has 0 bridgehead atoms. The Hall–Kier alpha value is -2.62. The third-order valence-electron chi connectivity index (χ3n) is 3.28. The van der Waals surface area contributed by atoms with Crippen LogP contribution in [0.1, 0.15) is 12.5 Å². The van der Waals surface area contributed by atoms with Gasteiger partial charge in [0.1, 0.15) is 0 Å². The minimum atomic E-state index is -2.97. The highest BCUT2D eigenvalue weighted by Crippen LogP contribution is 2.32. The minimum Gasteiger partial charge on any atom is -0.490 e. The van der Waals surface area contributed by atoms with E-state index in [2.05, 4.69) is 25.7 Å². The fourth-order valence-electron chi connectivity index (χ4n) is 2.11. The molecule has 1 aromatic rings. The number of methoxy groups -OCH3 is 1. The first-order chi connectivity index (χ1) is 13.0. The summed E-state index contributed by atoms with van der Waals surface area (Å²) in [6.45, 7) is 0.0667. The van der Waals surface area contributed by atoms with Gasteiger partial charge in [-0.2, -0.15) is 8.78 Å². The van der Waals surface area contributed by atoms with Crippen molar-refractivity contribution in [2.45, 2.75) is 20.1 Å². The first-order valence-electron chi connectivity index (χ1n) is 8.41. The van der Waals surface area contributed by atoms with E-state index < -0.39 is 6.61 Å². The molecule has 0 atom stereocenters. The van der Waals surface area contributed by atoms with Gasteiger partial charge in [0.05, 0.1) is 19.8 Å². The van der Waals surface area contributed by atoms with Crippen molar-refractivity contribution in [3.8, 4) is 11.5 Å². The second-order valence-corrected chi connectivity index (χ2v) is 5.18. The first-order valence-corrected chi connectivity index (χ1v) is 8.41. The predicted molar refractivity (Wildman–Crippen MR) is 97.3 cm³/mol. The highest BCUT2D eigenvalue weighted by Gasteiger charge is 2.16. The third kappa shape index (κ3) is 8.54. The number of nitrogens with one attached hydrogen (secondary N) is 3. The van der Waals surface area contributed by atoms with E-state index in [0.29, 0.717) is 31.3 Å². The number of alkyl halides is 2. The van der Waals surface area contributed by atoms with E-state index in [9.17, 15) is 13.6 Å². The Morgan fingerprint density at radius 1 is 1.26 bits per heavy atom. The molecule has 0 spiro atoms. The Balaban J connectivity index is 2.66. The average molecular weight is 388 g/mol. The molecule has 0 radical (unpaired) electrons. The number of para-hydroxylation sites is 1. The number of aliphatic imine (C=N–C) groups is 1. The van der Waals surface area contributed by atoms with Crippen molar-refractivity contribution in [1.82, 2.24) is 16.0 Å². The first kappa shape index (κ1) is 22.4. The second-order valence-electron chi connectivity index (χ2n) is 5.18. The van der Waals surface area contributed by atoms with Crippen molar-refractivity contribution >= 4 is 11.9 Å². The zero-order valence-electron chi connectivity index (χ0n) is 15.7. The van der Waals surface area contributed by atoms with Gasteiger partial charge in [-0.25, -0.2) is 0 Å². The molecule has 0 saturated heterocycles. The zero-order chi connectivity index (χ0) is 20.1. The van der Waals surface area contributed by atoms with E-state index in [1.54, 1.807) is 32.2 Å². The monoisotopic (exact) mass is 388 g/mol. The summed E-state index contributed by atoms with van der Waals surface area (Å²) in [5.41, 5.74) is 0.466. The van der Waals surface area contributed by atoms with E-state index in [1.807, 2.05) is 0 Å². The number of halogens is 2. The van der Waals surface area contributed by atoms with Gasteiger partial charge in [-0.1, -0.05) is 12.1 Å². The van der Waals surface area contributed by atoms with E-state index in [0.717, 1.165) is 0 Å². The molecule has 8 nitrogen and oxygen atoms in total. The molecule has 0 aliphatic rings. The van der Waals surface area contributed by atoms with Crippen LogP contribution in [-0.4, -0.2) is 58.9 Å². The lowest BCUT2D eigenvalue weighted by Crippen LogP contribution is -2.43. The van der Waals surface area contributed by atoms with Crippen molar-refractivity contribution in [3.63, 3.8) is 0 Å². The summed E-state index contributed by atoms with van der Waals surface area (Å²) >= 11 is 0. The molecule has 0 aliphatic heterocycles. The maximum absolute atomic E-state index is 12.7. The Labute approximate surface area is 157 Å². The Kier molecular flexibility index (Phi) is 10.5. The lowest BCUT2D eigenvalue weighted by atomic mass is 10.2. The van der Waals surface area contributed by atoms with Crippen LogP contribution in [0.4, 0.5) is 8.78 Å². The normalized spacial score (nSPS) is 11.3. The smallest absolute Gasteiger partial charge is 0.387 e. The third-order valence-corrected chi connectivity index (χ3v) is 3.28. The molecule has 0 heterocycles. The summed E-state index contributed by atoms with van der Waals surface area (Å²) in [5, 5.41) is 8.44. The fraction of sp³-hybridized carbons (Fsp3) is 0.529. The highest BCUT2D eigenvalue weighted by atomic mass is 19.3. The van der Waals surface area contributed by atoms with Gasteiger partial charge >= 0.3 is 6.61 Å². The molecule has 1 aromatic carbocycles. The van der Waals surface area contributed by atoms with Crippen LogP contribution in [-0.2, 0) is 16.1 Å². The second kappa shape index (κ2) is 12.7. The molecule has 3 N–H and O–H groups in total. The van der Waals surface area contributed by atoms with Crippen LogP contribution in [0.15, 0.2) is 23.2 Å². The van der Waals surface area contributed by atoms with Crippen LogP contribution in [0, 0.1) is 0 Å². The Morgan fingerprint density at radius 3 is 2.67 bits per heavy atom. The number of nitrogens with zero attached hydrogens (tertiary/aromatic N) is 1. The fourth-order valence-corrected chi connectivity index (χ4v) is 2.11. The number of hydrogen-bond acceptors (Lipinski definition) is 5. The number of amides is 1. The summed E-state index contributed by atoms with van der Waals surface area (Å²) in [6, 6.07) is 4.87. The van der Waals surface area contributed by atoms with Crippen LogP contribution >= 0.6 is 0 Å². The summed E-state index contributed by atoms with van der Waals surface area (Å²) in [7, 11) is 3.08. The van der Waals surface area contributed by atoms with Crippen molar-refractivity contribution < 1.29 is 27.8 Å². The lowest BCUT2D eigenvalue weighted by molar-refractivity contribution is -0.120. The number of carbonyl (C=O) groups excluding carboxylic acids is 1. The van der Waals surface area contributed by atoms with E-state index in [1.165, 1.54) is 7.05 Å². The molecule has 27 heavy (non-hydrogen) atoms. The number of rotatable bonds is 11. The molecule has 1 rings (SSSR count). The molecular weight excluding hydrogens is 362 g/mol. The van der Waals surface area contributed by atoms with Gasteiger partial charge in [0.25, 0.3) is 0 Å². The van der Waals surface area contributed by atoms with Crippen molar-refractivity contribution in [1.29, 1.82) is 0 Å². The van der Waals surface area contributed by atoms with Gasteiger partial charge in [0, 0.05) is 32.8 Å². The molecule has 0 aliphatic carbocycles. The van der Waals surface area contributed by atoms with Crippen LogP contribution in [0.3, 0.4) is 0 Å². The SMILES string of the molecule is CCOc1cccc(CNC(=NC)NCC(=O)NCCOC)c1OC(F)F. The van der Waals surface area contributed by atoms with E-state index >= 15 is 0 Å². The molecule has 0 saturated carbocycles. The van der Waals surface area contributed by atoms with Gasteiger partial charge in [0.15, 0.2) is 17.5 Å². The van der Waals surface area contributed by atoms with Crippen LogP contribution in [0.25, 0.3) is 0 Å². The standard InChI is InChI=1S/C17H26F2N4O4/c1-4-26-13-7-5-6-12(15(13)27-16(18)19)10-22-17(20-2)23-11-14(24)21-8-9-25-3/h5-7,16H,4,8-11H2,1-3H3,(H,21,24)(H2,20,22,23). The largest absolute Gasteiger partial charge is 0.490 e. The van der Waals surface area contributed by atoms with E-state index in [-0.39, 0.29) is 30.5 Å². The average Bonchev–Trinajstić information content (AvgIpc) is 2.64. The van der Waals surface area contributed by atoms with Gasteiger partial charge in [0.2, 0.25) is 5.91 Å². The number of hydrogen-bond donors (Lipinski definition) is 3. The van der Waals surface area contributed by atoms with Gasteiger partial charge in [-0.3, -0.25) is 9.79 Å². The maximum Gasteiger partial charge on any atom is 0.387 e. The number of guanidine groups is 1. The number of carbonyl (C=O) groups is 1. The van der Waals surface area contributed by atoms with Crippen LogP contribution in [0.5, 0.6) is 11.5 Å². The summed E-state index contributed by atoms with van der Waals surface area (Å²) in [5.74, 6) is 0.309. The summed E-state index contributed by atoms with van der Waals surface area (Å²) in [4.78, 5) is 15.7. The molecule has 0 aromatic heterocycles. The van der Waals surface area contributed by atoms with Gasteiger partial charge in [-0.15, -0.1) is 0 Å². The summed E-state index contributed by atoms with van der Waals surface area (Å²) in [6.07, 6.45) is 0. The topological polar surface area (TPSA) is 93.2 Å². The lowest BCUT2D eigenvalue weighted by Gasteiger charge is -2.17. The van der Waals surface area contributed by atoms with Crippen molar-refractivity contribution in [2.24, 2.45) is 4.99 Å². The molecule has 10 heteroatoms. The zero-order valence-corrected chi connectivity index (χ0v) is 15.7. The van der Waals surface area contributed by atoms with E-state index in [4.69, 9.17) is 9.47 Å². The van der Waals surface area contributed by atoms with Gasteiger partial charge < -0.3 is 30.2 Å². The summed E-state index contributed by atoms with van der Waals surface area (Å²) < 4.78 is 40.3. The Bertz CT molecular complexity index is 615. The van der Waals surface area contributed by atoms with Gasteiger partial charge in [-0.05, 0) is 13.0 Å². The Morgan fingerprint density at radius 2 is 2.04 bits per heavy atom. The molecule has 0 fully saturated rings. The van der Waals surface area contributed by atoms with Crippen LogP contribution in [0.2, 0.25) is 0 Å². The molecule has 0 unspecified atom stereocenters. The molecule has 152 valence electrons. The maximum atomic E-state index is 12.7. The van der Waals surface area contributed by atoms with Crippen molar-refractivity contribution in [2.75, 3.05) is 40.5 Å². The highest BCUT2D eigenvalue weighted by molar-refractivity contribution is 5.86. The van der Waals surface area contributed by atoms with Crippen LogP contribution < -0.4 is 25.4 Å². The minimum absolute atomic E-state index is 0.00274. The quantitative estimate of drug-likeness (QED) is 0.299. The molecule has 1 amide bonds. The molecular formula is C17H26F2N4O4. The predicted octanol–water partition coefficient (Wildman–Crippen LogP) is 1.11. The number of benzene rings is 1. The number of ether oxygens (including phenoxy) is 3.